The molecule has 13 heteroatoms. The predicted octanol–water partition coefficient (Wildman–Crippen LogP) is 8.33. The highest BCUT2D eigenvalue weighted by Gasteiger charge is 2.37. The number of fused-ring (bicyclic) bond motifs is 1. The van der Waals surface area contributed by atoms with Gasteiger partial charge in [0.25, 0.3) is 5.91 Å². The smallest absolute Gasteiger partial charge is 0.416 e. The topological polar surface area (TPSA) is 71.5 Å². The second-order valence-corrected chi connectivity index (χ2v) is 12.0. The fourth-order valence-corrected chi connectivity index (χ4v) is 6.03. The Balaban J connectivity index is 1.69. The van der Waals surface area contributed by atoms with Crippen molar-refractivity contribution in [1.82, 2.24) is 10.3 Å². The van der Waals surface area contributed by atoms with Crippen molar-refractivity contribution in [2.24, 2.45) is 0 Å². The highest BCUT2D eigenvalue weighted by atomic mass is 79.9. The van der Waals surface area contributed by atoms with Crippen LogP contribution in [0.1, 0.15) is 78.4 Å². The van der Waals surface area contributed by atoms with E-state index in [1.807, 2.05) is 0 Å². The van der Waals surface area contributed by atoms with Crippen molar-refractivity contribution < 1.29 is 40.7 Å². The van der Waals surface area contributed by atoms with Gasteiger partial charge in [0.05, 0.1) is 23.2 Å². The van der Waals surface area contributed by atoms with E-state index >= 15 is 4.39 Å². The molecule has 45 heavy (non-hydrogen) atoms. The highest BCUT2D eigenvalue weighted by molar-refractivity contribution is 9.10. The number of nitrogens with zero attached hydrogens (tertiary/aromatic N) is 2. The lowest BCUT2D eigenvalue weighted by atomic mass is 9.89. The lowest BCUT2D eigenvalue weighted by Gasteiger charge is -2.32. The van der Waals surface area contributed by atoms with E-state index in [1.165, 1.54) is 0 Å². The number of benzene rings is 2. The van der Waals surface area contributed by atoms with E-state index in [0.29, 0.717) is 52.6 Å². The number of ether oxygens (including phenoxy) is 1. The molecule has 0 aliphatic carbocycles. The molecule has 1 aromatic heterocycles. The summed E-state index contributed by atoms with van der Waals surface area (Å²) in [6.07, 6.45) is -7.36. The number of hydrogen-bond acceptors (Lipinski definition) is 5. The zero-order valence-electron chi connectivity index (χ0n) is 24.8. The van der Waals surface area contributed by atoms with Crippen LogP contribution >= 0.6 is 15.9 Å². The Kier molecular flexibility index (Phi) is 11.4. The molecule has 6 nitrogen and oxygen atoms in total. The molecule has 0 radical (unpaired) electrons. The summed E-state index contributed by atoms with van der Waals surface area (Å²) in [6.45, 7) is 3.50. The number of piperidine rings is 1. The maximum atomic E-state index is 15.1. The minimum atomic E-state index is -4.92. The monoisotopic (exact) mass is 701 g/mol. The van der Waals surface area contributed by atoms with Crippen molar-refractivity contribution in [3.8, 4) is 0 Å². The fraction of sp³-hybridized carbons (Fsp3) is 0.469. The van der Waals surface area contributed by atoms with Crippen LogP contribution in [0, 0.1) is 12.7 Å². The van der Waals surface area contributed by atoms with E-state index in [4.69, 9.17) is 9.72 Å². The molecule has 1 N–H and O–H groups in total. The van der Waals surface area contributed by atoms with Gasteiger partial charge in [-0.15, -0.1) is 0 Å². The Bertz CT molecular complexity index is 1540. The summed E-state index contributed by atoms with van der Waals surface area (Å²) in [6, 6.07) is 7.63. The van der Waals surface area contributed by atoms with E-state index < -0.39 is 66.4 Å². The third-order valence-corrected chi connectivity index (χ3v) is 8.30. The average molecular weight is 703 g/mol. The Morgan fingerprint density at radius 1 is 1.20 bits per heavy atom. The van der Waals surface area contributed by atoms with Gasteiger partial charge in [-0.3, -0.25) is 9.59 Å². The predicted molar refractivity (Wildman–Crippen MR) is 162 cm³/mol. The first-order chi connectivity index (χ1) is 21.3. The zero-order chi connectivity index (χ0) is 32.9. The van der Waals surface area contributed by atoms with Crippen LogP contribution in [-0.4, -0.2) is 49.0 Å². The van der Waals surface area contributed by atoms with E-state index in [2.05, 4.69) is 21.2 Å². The molecule has 3 atom stereocenters. The third-order valence-electron chi connectivity index (χ3n) is 7.80. The summed E-state index contributed by atoms with van der Waals surface area (Å²) in [5.41, 5.74) is -0.887. The first kappa shape index (κ1) is 34.5. The van der Waals surface area contributed by atoms with Crippen LogP contribution in [0.15, 0.2) is 40.9 Å². The molecule has 0 saturated carbocycles. The molecule has 1 aliphatic heterocycles. The number of alkyl halides is 5. The molecule has 244 valence electrons. The van der Waals surface area contributed by atoms with E-state index in [1.54, 1.807) is 36.9 Å². The van der Waals surface area contributed by atoms with Gasteiger partial charge in [0.15, 0.2) is 0 Å². The standard InChI is InChI=1S/C32H34BrF6N3O3/c1-3-6-26(36)45-27(43)13-10-19(29-23(32(37,38)39)8-4-9-24(29)35)16-40-31(44)28-18(2)30(42-14-5-7-21(34)17-42)41-25-12-11-20(33)15-22(25)28/h4,8-9,11-12,15,19,21,26H,3,5-7,10,13-14,16-17H2,1-2H3,(H,40,44). The molecular weight excluding hydrogens is 668 g/mol. The van der Waals surface area contributed by atoms with Crippen LogP contribution in [0.25, 0.3) is 10.9 Å². The number of esters is 1. The molecule has 1 fully saturated rings. The summed E-state index contributed by atoms with van der Waals surface area (Å²) < 4.78 is 90.6. The van der Waals surface area contributed by atoms with E-state index in [0.717, 1.165) is 18.2 Å². The molecule has 1 aliphatic rings. The largest absolute Gasteiger partial charge is 0.431 e. The second kappa shape index (κ2) is 14.8. The van der Waals surface area contributed by atoms with E-state index in [9.17, 15) is 31.5 Å². The normalized spacial score (nSPS) is 16.8. The fourth-order valence-electron chi connectivity index (χ4n) is 5.67. The highest BCUT2D eigenvalue weighted by Crippen LogP contribution is 2.38. The number of carbonyl (C=O) groups excluding carboxylic acids is 2. The lowest BCUT2D eigenvalue weighted by molar-refractivity contribution is -0.158. The van der Waals surface area contributed by atoms with Crippen LogP contribution in [0.2, 0.25) is 0 Å². The van der Waals surface area contributed by atoms with Crippen LogP contribution < -0.4 is 10.2 Å². The SMILES string of the molecule is CCCC(F)OC(=O)CCC(CNC(=O)c1c(C)c(N2CCCC(F)C2)nc2ccc(Br)cc12)c1c(F)cccc1C(F)(F)F. The van der Waals surface area contributed by atoms with Gasteiger partial charge in [-0.25, -0.2) is 18.2 Å². The van der Waals surface area contributed by atoms with Crippen molar-refractivity contribution in [2.45, 2.75) is 77.0 Å². The number of amides is 1. The molecule has 1 amide bonds. The summed E-state index contributed by atoms with van der Waals surface area (Å²) in [5, 5.41) is 3.09. The zero-order valence-corrected chi connectivity index (χ0v) is 26.4. The Labute approximate surface area is 265 Å². The number of aromatic nitrogens is 1. The van der Waals surface area contributed by atoms with Crippen molar-refractivity contribution >= 4 is 44.5 Å². The summed E-state index contributed by atoms with van der Waals surface area (Å²) in [4.78, 5) is 32.6. The minimum Gasteiger partial charge on any atom is -0.431 e. The molecule has 3 unspecified atom stereocenters. The maximum absolute atomic E-state index is 15.1. The van der Waals surface area contributed by atoms with Gasteiger partial charge in [-0.1, -0.05) is 28.9 Å². The van der Waals surface area contributed by atoms with Gasteiger partial charge in [0, 0.05) is 52.8 Å². The van der Waals surface area contributed by atoms with E-state index in [-0.39, 0.29) is 24.9 Å². The second-order valence-electron chi connectivity index (χ2n) is 11.1. The van der Waals surface area contributed by atoms with Gasteiger partial charge >= 0.3 is 12.1 Å². The summed E-state index contributed by atoms with van der Waals surface area (Å²) in [5.74, 6) is -3.72. The Morgan fingerprint density at radius 2 is 1.96 bits per heavy atom. The van der Waals surface area contributed by atoms with Crippen molar-refractivity contribution in [2.75, 3.05) is 24.5 Å². The quantitative estimate of drug-likeness (QED) is 0.161. The van der Waals surface area contributed by atoms with Crippen molar-refractivity contribution in [3.05, 3.63) is 68.9 Å². The number of anilines is 1. The molecule has 1 saturated heterocycles. The number of halogens is 7. The number of pyridine rings is 1. The number of nitrogens with one attached hydrogen (secondary N) is 1. The van der Waals surface area contributed by atoms with Gasteiger partial charge in [0.2, 0.25) is 6.36 Å². The number of carbonyl (C=O) groups is 2. The average Bonchev–Trinajstić information content (AvgIpc) is 2.96. The number of rotatable bonds is 11. The van der Waals surface area contributed by atoms with Crippen LogP contribution in [0.3, 0.4) is 0 Å². The molecule has 0 spiro atoms. The van der Waals surface area contributed by atoms with Gasteiger partial charge < -0.3 is 15.0 Å². The molecule has 4 rings (SSSR count). The lowest BCUT2D eigenvalue weighted by Crippen LogP contribution is -2.38. The number of hydrogen-bond donors (Lipinski definition) is 1. The Morgan fingerprint density at radius 3 is 2.64 bits per heavy atom. The minimum absolute atomic E-state index is 0.0441. The molecule has 0 bridgehead atoms. The van der Waals surface area contributed by atoms with Gasteiger partial charge in [-0.2, -0.15) is 13.2 Å². The maximum Gasteiger partial charge on any atom is 0.416 e. The van der Waals surface area contributed by atoms with Crippen molar-refractivity contribution in [1.29, 1.82) is 0 Å². The summed E-state index contributed by atoms with van der Waals surface area (Å²) >= 11 is 3.39. The van der Waals surface area contributed by atoms with Gasteiger partial charge in [0.1, 0.15) is 17.8 Å². The van der Waals surface area contributed by atoms with Crippen LogP contribution in [0.4, 0.5) is 32.2 Å². The third kappa shape index (κ3) is 8.47. The summed E-state index contributed by atoms with van der Waals surface area (Å²) in [7, 11) is 0. The first-order valence-corrected chi connectivity index (χ1v) is 15.6. The van der Waals surface area contributed by atoms with Crippen molar-refractivity contribution in [3.63, 3.8) is 0 Å². The molecule has 2 heterocycles. The van der Waals surface area contributed by atoms with Gasteiger partial charge in [-0.05, 0) is 62.9 Å². The first-order valence-electron chi connectivity index (χ1n) is 14.8. The molecular formula is C32H34BrF6N3O3. The van der Waals surface area contributed by atoms with Crippen LogP contribution in [-0.2, 0) is 15.7 Å². The van der Waals surface area contributed by atoms with Crippen LogP contribution in [0.5, 0.6) is 0 Å². The molecule has 2 aromatic carbocycles. The molecule has 3 aromatic rings. The Hall–Kier alpha value is -3.35.